The molecule has 114 valence electrons. The molecule has 0 unspecified atom stereocenters. The van der Waals surface area contributed by atoms with Gasteiger partial charge in [0.05, 0.1) is 16.6 Å². The van der Waals surface area contributed by atoms with E-state index in [0.29, 0.717) is 32.3 Å². The minimum absolute atomic E-state index is 0.0407. The van der Waals surface area contributed by atoms with Gasteiger partial charge in [0.25, 0.3) is 0 Å². The van der Waals surface area contributed by atoms with E-state index in [1.807, 2.05) is 48.5 Å². The van der Waals surface area contributed by atoms with Gasteiger partial charge in [-0.1, -0.05) is 60.7 Å². The highest BCUT2D eigenvalue weighted by Crippen LogP contribution is 2.31. The topological polar surface area (TPSA) is 76.6 Å². The van der Waals surface area contributed by atoms with Gasteiger partial charge >= 0.3 is 0 Å². The number of aromatic nitrogens is 1. The van der Waals surface area contributed by atoms with Crippen molar-refractivity contribution >= 4 is 34.0 Å². The van der Waals surface area contributed by atoms with Crippen LogP contribution in [0, 0.1) is 21.4 Å². The quantitative estimate of drug-likeness (QED) is 0.394. The molecule has 0 saturated heterocycles. The van der Waals surface area contributed by atoms with Gasteiger partial charge in [0.15, 0.2) is 0 Å². The van der Waals surface area contributed by atoms with E-state index in [4.69, 9.17) is 22.0 Å². The van der Waals surface area contributed by atoms with Crippen molar-refractivity contribution in [2.75, 3.05) is 0 Å². The van der Waals surface area contributed by atoms with Crippen molar-refractivity contribution in [3.8, 4) is 17.3 Å². The maximum Gasteiger partial charge on any atom is 0.222 e. The van der Waals surface area contributed by atoms with Crippen molar-refractivity contribution in [3.63, 3.8) is 0 Å². The van der Waals surface area contributed by atoms with Crippen LogP contribution < -0.4 is 5.55 Å². The Morgan fingerprint density at radius 2 is 1.71 bits per heavy atom. The van der Waals surface area contributed by atoms with Crippen molar-refractivity contribution in [2.45, 2.75) is 0 Å². The lowest BCUT2D eigenvalue weighted by molar-refractivity contribution is 0.542. The number of nitriles is 1. The molecule has 2 N–H and O–H groups in total. The van der Waals surface area contributed by atoms with E-state index in [0.717, 1.165) is 10.9 Å². The summed E-state index contributed by atoms with van der Waals surface area (Å²) in [6.45, 7) is 0. The van der Waals surface area contributed by atoms with Gasteiger partial charge in [-0.05, 0) is 11.6 Å². The number of rotatable bonds is 1. The summed E-state index contributed by atoms with van der Waals surface area (Å²) in [5.41, 5.74) is 2.52. The Hall–Kier alpha value is -3.23. The second kappa shape index (κ2) is 5.44. The average Bonchev–Trinajstić information content (AvgIpc) is 2.62. The standard InChI is InChI=1S/C19H11N3OS/c20-10-13-15-12-8-4-5-9-14(12)23-18(21)16(15)19(24)22-17(13)11-6-2-1-3-7-11/h1-9,21H,(H,22,24). The number of nitrogens with one attached hydrogen (secondary N) is 2. The molecule has 5 heteroatoms. The van der Waals surface area contributed by atoms with Gasteiger partial charge in [-0.2, -0.15) is 5.26 Å². The van der Waals surface area contributed by atoms with Crippen molar-refractivity contribution in [3.05, 3.63) is 70.4 Å². The smallest absolute Gasteiger partial charge is 0.222 e. The van der Waals surface area contributed by atoms with E-state index in [2.05, 4.69) is 11.1 Å². The Bertz CT molecular complexity index is 1250. The summed E-state index contributed by atoms with van der Waals surface area (Å²) in [6.07, 6.45) is 0. The summed E-state index contributed by atoms with van der Waals surface area (Å²) in [6, 6.07) is 19.2. The zero-order chi connectivity index (χ0) is 16.7. The molecular formula is C19H11N3OS. The number of benzene rings is 2. The second-order valence-corrected chi connectivity index (χ2v) is 5.77. The van der Waals surface area contributed by atoms with Crippen LogP contribution in [0.25, 0.3) is 33.0 Å². The SMILES string of the molecule is N#Cc1c(-c2ccccc2)[nH]c(=S)c2c(=N)oc3ccccc3c12. The normalized spacial score (nSPS) is 10.8. The highest BCUT2D eigenvalue weighted by molar-refractivity contribution is 7.71. The molecule has 0 spiro atoms. The molecule has 0 aliphatic heterocycles. The minimum atomic E-state index is -0.0407. The number of aromatic amines is 1. The third kappa shape index (κ3) is 2.05. The molecule has 24 heavy (non-hydrogen) atoms. The number of hydrogen-bond acceptors (Lipinski definition) is 4. The Morgan fingerprint density at radius 3 is 2.46 bits per heavy atom. The molecule has 2 aromatic carbocycles. The van der Waals surface area contributed by atoms with E-state index in [-0.39, 0.29) is 5.55 Å². The zero-order valence-corrected chi connectivity index (χ0v) is 13.3. The van der Waals surface area contributed by atoms with Crippen molar-refractivity contribution in [2.24, 2.45) is 0 Å². The summed E-state index contributed by atoms with van der Waals surface area (Å²) in [4.78, 5) is 3.10. The molecule has 2 aromatic heterocycles. The fourth-order valence-corrected chi connectivity index (χ4v) is 3.24. The summed E-state index contributed by atoms with van der Waals surface area (Å²) < 4.78 is 5.96. The van der Waals surface area contributed by atoms with Crippen LogP contribution in [-0.2, 0) is 0 Å². The summed E-state index contributed by atoms with van der Waals surface area (Å²) >= 11 is 5.45. The molecule has 0 saturated carbocycles. The first kappa shape index (κ1) is 14.4. The first-order valence-corrected chi connectivity index (χ1v) is 7.73. The molecule has 4 nitrogen and oxygen atoms in total. The van der Waals surface area contributed by atoms with Crippen LogP contribution in [0.3, 0.4) is 0 Å². The van der Waals surface area contributed by atoms with Crippen LogP contribution >= 0.6 is 12.2 Å². The molecule has 0 aliphatic carbocycles. The molecule has 2 heterocycles. The van der Waals surface area contributed by atoms with Crippen LogP contribution in [0.15, 0.2) is 59.0 Å². The lowest BCUT2D eigenvalue weighted by atomic mass is 9.99. The fraction of sp³-hybridized carbons (Fsp3) is 0. The van der Waals surface area contributed by atoms with Crippen molar-refractivity contribution in [1.29, 1.82) is 10.7 Å². The molecule has 0 aliphatic rings. The maximum absolute atomic E-state index is 9.82. The highest BCUT2D eigenvalue weighted by atomic mass is 32.1. The van der Waals surface area contributed by atoms with Crippen molar-refractivity contribution < 1.29 is 4.42 Å². The monoisotopic (exact) mass is 329 g/mol. The van der Waals surface area contributed by atoms with Gasteiger partial charge in [0.2, 0.25) is 5.55 Å². The minimum Gasteiger partial charge on any atom is -0.438 e. The highest BCUT2D eigenvalue weighted by Gasteiger charge is 2.16. The first-order valence-electron chi connectivity index (χ1n) is 7.32. The number of fused-ring (bicyclic) bond motifs is 3. The van der Waals surface area contributed by atoms with E-state index < -0.39 is 0 Å². The number of nitrogens with zero attached hydrogens (tertiary/aromatic N) is 1. The largest absolute Gasteiger partial charge is 0.438 e. The van der Waals surface area contributed by atoms with E-state index in [1.165, 1.54) is 0 Å². The Balaban J connectivity index is 2.32. The third-order valence-corrected chi connectivity index (χ3v) is 4.29. The Labute approximate surface area is 142 Å². The summed E-state index contributed by atoms with van der Waals surface area (Å²) in [7, 11) is 0. The molecule has 4 rings (SSSR count). The van der Waals surface area contributed by atoms with Crippen molar-refractivity contribution in [1.82, 2.24) is 4.98 Å². The van der Waals surface area contributed by atoms with Crippen LogP contribution in [0.2, 0.25) is 0 Å². The number of para-hydroxylation sites is 1. The predicted octanol–water partition coefficient (Wildman–Crippen LogP) is 4.66. The fourth-order valence-electron chi connectivity index (χ4n) is 2.94. The van der Waals surface area contributed by atoms with Crippen LogP contribution in [-0.4, -0.2) is 4.98 Å². The van der Waals surface area contributed by atoms with Crippen LogP contribution in [0.1, 0.15) is 5.56 Å². The van der Waals surface area contributed by atoms with Crippen LogP contribution in [0.5, 0.6) is 0 Å². The second-order valence-electron chi connectivity index (χ2n) is 5.36. The molecule has 4 aromatic rings. The zero-order valence-electron chi connectivity index (χ0n) is 12.5. The van der Waals surface area contributed by atoms with Gasteiger partial charge in [-0.3, -0.25) is 5.41 Å². The summed E-state index contributed by atoms with van der Waals surface area (Å²) in [5, 5.41) is 19.9. The van der Waals surface area contributed by atoms with E-state index in [9.17, 15) is 5.26 Å². The van der Waals surface area contributed by atoms with Gasteiger partial charge < -0.3 is 9.40 Å². The maximum atomic E-state index is 9.82. The number of pyridine rings is 1. The predicted molar refractivity (Wildman–Crippen MR) is 94.9 cm³/mol. The number of hydrogen-bond donors (Lipinski definition) is 2. The first-order chi connectivity index (χ1) is 11.7. The molecule has 0 radical (unpaired) electrons. The number of H-pyrrole nitrogens is 1. The Morgan fingerprint density at radius 1 is 1.00 bits per heavy atom. The lowest BCUT2D eigenvalue weighted by Crippen LogP contribution is -2.05. The molecule has 0 atom stereocenters. The molecule has 0 bridgehead atoms. The van der Waals surface area contributed by atoms with Gasteiger partial charge in [-0.25, -0.2) is 0 Å². The molecular weight excluding hydrogens is 318 g/mol. The van der Waals surface area contributed by atoms with Gasteiger partial charge in [0.1, 0.15) is 16.3 Å². The van der Waals surface area contributed by atoms with E-state index in [1.54, 1.807) is 6.07 Å². The van der Waals surface area contributed by atoms with E-state index >= 15 is 0 Å². The van der Waals surface area contributed by atoms with Gasteiger partial charge in [-0.15, -0.1) is 0 Å². The van der Waals surface area contributed by atoms with Crippen LogP contribution in [0.4, 0.5) is 0 Å². The third-order valence-electron chi connectivity index (χ3n) is 3.99. The Kier molecular flexibility index (Phi) is 3.26. The molecule has 0 amide bonds. The van der Waals surface area contributed by atoms with Gasteiger partial charge in [0, 0.05) is 10.8 Å². The average molecular weight is 329 g/mol. The lowest BCUT2D eigenvalue weighted by Gasteiger charge is -2.10. The molecule has 0 fully saturated rings. The summed E-state index contributed by atoms with van der Waals surface area (Å²) in [5.74, 6) is 0.